The SMILES string of the molecule is CCCCN(C)C(=O)C1CCC(=O)N1S(=O)(=O)c1ccccc1. The van der Waals surface area contributed by atoms with E-state index in [1.807, 2.05) is 6.92 Å². The van der Waals surface area contributed by atoms with E-state index in [4.69, 9.17) is 0 Å². The molecule has 1 saturated heterocycles. The van der Waals surface area contributed by atoms with Crippen LogP contribution in [0.1, 0.15) is 32.6 Å². The lowest BCUT2D eigenvalue weighted by atomic mass is 10.2. The van der Waals surface area contributed by atoms with Crippen LogP contribution in [-0.4, -0.2) is 49.1 Å². The minimum Gasteiger partial charge on any atom is -0.344 e. The second-order valence-corrected chi connectivity index (χ2v) is 7.49. The van der Waals surface area contributed by atoms with Crippen LogP contribution in [0.15, 0.2) is 35.2 Å². The Morgan fingerprint density at radius 1 is 1.30 bits per heavy atom. The number of rotatable bonds is 6. The number of likely N-dealkylation sites (N-methyl/N-ethyl adjacent to an activating group) is 1. The summed E-state index contributed by atoms with van der Waals surface area (Å²) < 4.78 is 26.2. The average Bonchev–Trinajstić information content (AvgIpc) is 2.95. The first-order chi connectivity index (χ1) is 10.9. The summed E-state index contributed by atoms with van der Waals surface area (Å²) >= 11 is 0. The first-order valence-electron chi connectivity index (χ1n) is 7.77. The van der Waals surface area contributed by atoms with Crippen molar-refractivity contribution in [2.45, 2.75) is 43.5 Å². The minimum atomic E-state index is -4.00. The number of nitrogens with zero attached hydrogens (tertiary/aromatic N) is 2. The van der Waals surface area contributed by atoms with Crippen LogP contribution in [0.4, 0.5) is 0 Å². The molecule has 1 heterocycles. The Balaban J connectivity index is 2.28. The Bertz CT molecular complexity index is 673. The Morgan fingerprint density at radius 3 is 2.57 bits per heavy atom. The van der Waals surface area contributed by atoms with E-state index >= 15 is 0 Å². The predicted octanol–water partition coefficient (Wildman–Crippen LogP) is 1.62. The van der Waals surface area contributed by atoms with Crippen molar-refractivity contribution in [2.24, 2.45) is 0 Å². The van der Waals surface area contributed by atoms with Gasteiger partial charge in [-0.05, 0) is 25.0 Å². The predicted molar refractivity (Wildman–Crippen MR) is 86.0 cm³/mol. The van der Waals surface area contributed by atoms with Gasteiger partial charge in [-0.25, -0.2) is 12.7 Å². The lowest BCUT2D eigenvalue weighted by molar-refractivity contribution is -0.136. The number of sulfonamides is 1. The van der Waals surface area contributed by atoms with Gasteiger partial charge in [-0.2, -0.15) is 0 Å². The summed E-state index contributed by atoms with van der Waals surface area (Å²) in [6.45, 7) is 2.57. The number of amides is 2. The topological polar surface area (TPSA) is 74.8 Å². The van der Waals surface area contributed by atoms with Crippen LogP contribution >= 0.6 is 0 Å². The highest BCUT2D eigenvalue weighted by Crippen LogP contribution is 2.28. The molecule has 0 spiro atoms. The number of hydrogen-bond acceptors (Lipinski definition) is 4. The van der Waals surface area contributed by atoms with Crippen molar-refractivity contribution in [3.05, 3.63) is 30.3 Å². The van der Waals surface area contributed by atoms with Crippen LogP contribution in [0, 0.1) is 0 Å². The average molecular weight is 338 g/mol. The number of benzene rings is 1. The minimum absolute atomic E-state index is 0.0317. The highest BCUT2D eigenvalue weighted by atomic mass is 32.2. The second-order valence-electron chi connectivity index (χ2n) is 5.68. The maximum absolute atomic E-state index is 12.7. The summed E-state index contributed by atoms with van der Waals surface area (Å²) in [4.78, 5) is 26.2. The summed E-state index contributed by atoms with van der Waals surface area (Å²) in [6.07, 6.45) is 2.09. The van der Waals surface area contributed by atoms with Crippen molar-refractivity contribution in [3.8, 4) is 0 Å². The monoisotopic (exact) mass is 338 g/mol. The molecule has 1 aromatic rings. The largest absolute Gasteiger partial charge is 0.344 e. The fraction of sp³-hybridized carbons (Fsp3) is 0.500. The van der Waals surface area contributed by atoms with Gasteiger partial charge in [0.05, 0.1) is 4.90 Å². The molecule has 126 valence electrons. The van der Waals surface area contributed by atoms with E-state index < -0.39 is 22.0 Å². The van der Waals surface area contributed by atoms with E-state index in [1.54, 1.807) is 25.2 Å². The molecular formula is C16H22N2O4S. The number of hydrogen-bond donors (Lipinski definition) is 0. The van der Waals surface area contributed by atoms with Gasteiger partial charge in [-0.1, -0.05) is 31.5 Å². The van der Waals surface area contributed by atoms with Gasteiger partial charge >= 0.3 is 0 Å². The maximum Gasteiger partial charge on any atom is 0.267 e. The van der Waals surface area contributed by atoms with Crippen molar-refractivity contribution in [3.63, 3.8) is 0 Å². The fourth-order valence-corrected chi connectivity index (χ4v) is 4.27. The maximum atomic E-state index is 12.7. The van der Waals surface area contributed by atoms with Crippen LogP contribution < -0.4 is 0 Å². The molecule has 7 heteroatoms. The van der Waals surface area contributed by atoms with E-state index in [0.717, 1.165) is 17.1 Å². The molecule has 1 unspecified atom stereocenters. The van der Waals surface area contributed by atoms with Crippen molar-refractivity contribution < 1.29 is 18.0 Å². The lowest BCUT2D eigenvalue weighted by Gasteiger charge is -2.27. The quantitative estimate of drug-likeness (QED) is 0.790. The Labute approximate surface area is 137 Å². The summed E-state index contributed by atoms with van der Waals surface area (Å²) in [7, 11) is -2.35. The molecule has 0 N–H and O–H groups in total. The Morgan fingerprint density at radius 2 is 1.96 bits per heavy atom. The third kappa shape index (κ3) is 3.55. The van der Waals surface area contributed by atoms with Gasteiger partial charge < -0.3 is 4.90 Å². The van der Waals surface area contributed by atoms with Crippen molar-refractivity contribution in [1.29, 1.82) is 0 Å². The molecular weight excluding hydrogens is 316 g/mol. The molecule has 6 nitrogen and oxygen atoms in total. The zero-order valence-electron chi connectivity index (χ0n) is 13.4. The third-order valence-corrected chi connectivity index (χ3v) is 5.81. The molecule has 1 aliphatic heterocycles. The van der Waals surface area contributed by atoms with E-state index in [9.17, 15) is 18.0 Å². The van der Waals surface area contributed by atoms with Crippen molar-refractivity contribution in [2.75, 3.05) is 13.6 Å². The molecule has 1 fully saturated rings. The Kier molecular flexibility index (Phi) is 5.41. The summed E-state index contributed by atoms with van der Waals surface area (Å²) in [5.41, 5.74) is 0. The highest BCUT2D eigenvalue weighted by molar-refractivity contribution is 7.89. The smallest absolute Gasteiger partial charge is 0.267 e. The Hall–Kier alpha value is -1.89. The van der Waals surface area contributed by atoms with Gasteiger partial charge in [0.15, 0.2) is 0 Å². The van der Waals surface area contributed by atoms with Gasteiger partial charge in [0.1, 0.15) is 6.04 Å². The molecule has 2 rings (SSSR count). The van der Waals surface area contributed by atoms with Gasteiger partial charge in [0, 0.05) is 20.0 Å². The fourth-order valence-electron chi connectivity index (χ4n) is 2.65. The zero-order valence-corrected chi connectivity index (χ0v) is 14.3. The van der Waals surface area contributed by atoms with Crippen molar-refractivity contribution >= 4 is 21.8 Å². The number of carbonyl (C=O) groups excluding carboxylic acids is 2. The number of carbonyl (C=O) groups is 2. The molecule has 0 aromatic heterocycles. The molecule has 0 bridgehead atoms. The van der Waals surface area contributed by atoms with E-state index in [-0.39, 0.29) is 23.6 Å². The molecule has 1 aromatic carbocycles. The number of unbranched alkanes of at least 4 members (excludes halogenated alkanes) is 1. The highest BCUT2D eigenvalue weighted by Gasteiger charge is 2.44. The van der Waals surface area contributed by atoms with Crippen LogP contribution in [0.5, 0.6) is 0 Å². The second kappa shape index (κ2) is 7.12. The van der Waals surface area contributed by atoms with E-state index in [0.29, 0.717) is 6.54 Å². The van der Waals surface area contributed by atoms with Gasteiger partial charge in [0.25, 0.3) is 10.0 Å². The first kappa shape index (κ1) is 17.5. The molecule has 0 saturated carbocycles. The van der Waals surface area contributed by atoms with Gasteiger partial charge in [0.2, 0.25) is 11.8 Å². The molecule has 0 radical (unpaired) electrons. The normalized spacial score (nSPS) is 18.3. The zero-order chi connectivity index (χ0) is 17.0. The van der Waals surface area contributed by atoms with E-state index in [1.165, 1.54) is 17.0 Å². The summed E-state index contributed by atoms with van der Waals surface area (Å²) in [6, 6.07) is 6.82. The van der Waals surface area contributed by atoms with Gasteiger partial charge in [-0.3, -0.25) is 9.59 Å². The molecule has 0 aliphatic carbocycles. The van der Waals surface area contributed by atoms with Crippen molar-refractivity contribution in [1.82, 2.24) is 9.21 Å². The molecule has 23 heavy (non-hydrogen) atoms. The van der Waals surface area contributed by atoms with Crippen LogP contribution in [-0.2, 0) is 19.6 Å². The van der Waals surface area contributed by atoms with E-state index in [2.05, 4.69) is 0 Å². The lowest BCUT2D eigenvalue weighted by Crippen LogP contribution is -2.48. The van der Waals surface area contributed by atoms with Gasteiger partial charge in [-0.15, -0.1) is 0 Å². The van der Waals surface area contributed by atoms with Crippen LogP contribution in [0.2, 0.25) is 0 Å². The van der Waals surface area contributed by atoms with Crippen LogP contribution in [0.3, 0.4) is 0 Å². The first-order valence-corrected chi connectivity index (χ1v) is 9.21. The molecule has 1 atom stereocenters. The molecule has 1 aliphatic rings. The third-order valence-electron chi connectivity index (χ3n) is 3.97. The molecule has 2 amide bonds. The summed E-state index contributed by atoms with van der Waals surface area (Å²) in [5.74, 6) is -0.833. The summed E-state index contributed by atoms with van der Waals surface area (Å²) in [5, 5.41) is 0. The standard InChI is InChI=1S/C16H22N2O4S/c1-3-4-12-17(2)16(20)14-10-11-15(19)18(14)23(21,22)13-8-6-5-7-9-13/h5-9,14H,3-4,10-12H2,1-2H3. The van der Waals surface area contributed by atoms with Crippen LogP contribution in [0.25, 0.3) is 0 Å².